The first kappa shape index (κ1) is 11.8. The molecule has 0 radical (unpaired) electrons. The molecule has 0 saturated carbocycles. The van der Waals surface area contributed by atoms with Crippen molar-refractivity contribution in [3.05, 3.63) is 46.9 Å². The van der Waals surface area contributed by atoms with Gasteiger partial charge in [0.1, 0.15) is 11.9 Å². The van der Waals surface area contributed by atoms with Crippen LogP contribution < -0.4 is 0 Å². The van der Waals surface area contributed by atoms with Crippen LogP contribution in [-0.2, 0) is 6.42 Å². The van der Waals surface area contributed by atoms with E-state index in [4.69, 9.17) is 4.42 Å². The maximum absolute atomic E-state index is 9.99. The molecular weight excluding hydrogens is 216 g/mol. The van der Waals surface area contributed by atoms with Crippen LogP contribution in [0, 0.1) is 20.8 Å². The predicted molar refractivity (Wildman–Crippen MR) is 63.6 cm³/mol. The molecular formula is C13H16N2O2. The van der Waals surface area contributed by atoms with Gasteiger partial charge in [-0.05, 0) is 32.9 Å². The molecule has 2 heterocycles. The van der Waals surface area contributed by atoms with Crippen LogP contribution in [0.15, 0.2) is 22.8 Å². The third kappa shape index (κ3) is 2.53. The number of aliphatic hydroxyl groups is 1. The second-order valence-electron chi connectivity index (χ2n) is 4.16. The van der Waals surface area contributed by atoms with Crippen molar-refractivity contribution in [3.63, 3.8) is 0 Å². The fourth-order valence-corrected chi connectivity index (χ4v) is 1.72. The summed E-state index contributed by atoms with van der Waals surface area (Å²) >= 11 is 0. The number of aryl methyl sites for hydroxylation is 3. The molecule has 4 nitrogen and oxygen atoms in total. The molecule has 1 atom stereocenters. The molecule has 0 aliphatic carbocycles. The van der Waals surface area contributed by atoms with E-state index in [0.717, 1.165) is 22.8 Å². The summed E-state index contributed by atoms with van der Waals surface area (Å²) in [6, 6.07) is 3.52. The highest BCUT2D eigenvalue weighted by Crippen LogP contribution is 2.19. The van der Waals surface area contributed by atoms with Crippen LogP contribution in [0.1, 0.15) is 34.6 Å². The average molecular weight is 232 g/mol. The predicted octanol–water partition coefficient (Wildman–Crippen LogP) is 2.27. The molecule has 2 rings (SSSR count). The van der Waals surface area contributed by atoms with E-state index in [1.54, 1.807) is 18.4 Å². The molecule has 0 aromatic carbocycles. The zero-order chi connectivity index (χ0) is 12.4. The number of hydrogen-bond donors (Lipinski definition) is 1. The van der Waals surface area contributed by atoms with Gasteiger partial charge >= 0.3 is 0 Å². The van der Waals surface area contributed by atoms with E-state index in [-0.39, 0.29) is 0 Å². The minimum absolute atomic E-state index is 0.424. The van der Waals surface area contributed by atoms with Crippen molar-refractivity contribution in [2.75, 3.05) is 0 Å². The summed E-state index contributed by atoms with van der Waals surface area (Å²) < 4.78 is 5.16. The number of aromatic nitrogens is 2. The molecule has 0 aliphatic heterocycles. The number of nitrogens with zero attached hydrogens (tertiary/aromatic N) is 2. The third-order valence-corrected chi connectivity index (χ3v) is 2.84. The first-order valence-corrected chi connectivity index (χ1v) is 5.60. The van der Waals surface area contributed by atoms with Gasteiger partial charge in [-0.2, -0.15) is 0 Å². The van der Waals surface area contributed by atoms with Gasteiger partial charge in [0.05, 0.1) is 29.0 Å². The van der Waals surface area contributed by atoms with E-state index in [1.165, 1.54) is 0 Å². The van der Waals surface area contributed by atoms with Crippen molar-refractivity contribution in [2.24, 2.45) is 0 Å². The monoisotopic (exact) mass is 232 g/mol. The van der Waals surface area contributed by atoms with Gasteiger partial charge in [0.15, 0.2) is 0 Å². The third-order valence-electron chi connectivity index (χ3n) is 2.84. The molecule has 2 aromatic rings. The lowest BCUT2D eigenvalue weighted by atomic mass is 10.1. The molecule has 17 heavy (non-hydrogen) atoms. The summed E-state index contributed by atoms with van der Waals surface area (Å²) in [6.07, 6.45) is 1.31. The highest BCUT2D eigenvalue weighted by molar-refractivity contribution is 5.19. The molecule has 2 aromatic heterocycles. The number of aliphatic hydroxyl groups excluding tert-OH is 1. The minimum Gasteiger partial charge on any atom is -0.467 e. The lowest BCUT2D eigenvalue weighted by Gasteiger charge is -2.11. The van der Waals surface area contributed by atoms with Gasteiger partial charge < -0.3 is 9.52 Å². The molecule has 1 N–H and O–H groups in total. The zero-order valence-electron chi connectivity index (χ0n) is 10.3. The molecule has 4 heteroatoms. The van der Waals surface area contributed by atoms with Crippen molar-refractivity contribution < 1.29 is 9.52 Å². The molecule has 0 fully saturated rings. The average Bonchev–Trinajstić information content (AvgIpc) is 2.79. The van der Waals surface area contributed by atoms with Crippen molar-refractivity contribution in [2.45, 2.75) is 33.3 Å². The summed E-state index contributed by atoms with van der Waals surface area (Å²) in [4.78, 5) is 8.86. The summed E-state index contributed by atoms with van der Waals surface area (Å²) in [5.41, 5.74) is 3.51. The Labute approximate surface area is 100 Å². The smallest absolute Gasteiger partial charge is 0.132 e. The molecule has 0 spiro atoms. The van der Waals surface area contributed by atoms with Crippen molar-refractivity contribution in [1.82, 2.24) is 9.97 Å². The molecule has 0 amide bonds. The van der Waals surface area contributed by atoms with E-state index in [1.807, 2.05) is 20.8 Å². The lowest BCUT2D eigenvalue weighted by Crippen LogP contribution is -2.08. The van der Waals surface area contributed by atoms with Gasteiger partial charge in [-0.3, -0.25) is 9.97 Å². The maximum Gasteiger partial charge on any atom is 0.132 e. The number of furan rings is 1. The standard InChI is InChI=1S/C13H16N2O2/c1-8-9(2)15-11(10(3)14-8)7-12(16)13-5-4-6-17-13/h4-6,12,16H,7H2,1-3H3. The van der Waals surface area contributed by atoms with Gasteiger partial charge in [0.25, 0.3) is 0 Å². The molecule has 0 bridgehead atoms. The minimum atomic E-state index is -0.667. The van der Waals surface area contributed by atoms with Crippen LogP contribution >= 0.6 is 0 Å². The number of hydrogen-bond acceptors (Lipinski definition) is 4. The van der Waals surface area contributed by atoms with Crippen LogP contribution in [-0.4, -0.2) is 15.1 Å². The van der Waals surface area contributed by atoms with E-state index in [2.05, 4.69) is 9.97 Å². The Bertz CT molecular complexity index is 506. The van der Waals surface area contributed by atoms with E-state index in [0.29, 0.717) is 12.2 Å². The summed E-state index contributed by atoms with van der Waals surface area (Å²) in [7, 11) is 0. The van der Waals surface area contributed by atoms with Crippen LogP contribution in [0.5, 0.6) is 0 Å². The quantitative estimate of drug-likeness (QED) is 0.881. The van der Waals surface area contributed by atoms with Gasteiger partial charge in [-0.25, -0.2) is 0 Å². The molecule has 90 valence electrons. The van der Waals surface area contributed by atoms with E-state index >= 15 is 0 Å². The second-order valence-corrected chi connectivity index (χ2v) is 4.16. The van der Waals surface area contributed by atoms with Gasteiger partial charge in [-0.1, -0.05) is 0 Å². The highest BCUT2D eigenvalue weighted by atomic mass is 16.4. The Balaban J connectivity index is 2.22. The van der Waals surface area contributed by atoms with Crippen molar-refractivity contribution in [3.8, 4) is 0 Å². The normalized spacial score (nSPS) is 12.7. The molecule has 1 unspecified atom stereocenters. The van der Waals surface area contributed by atoms with Crippen molar-refractivity contribution >= 4 is 0 Å². The van der Waals surface area contributed by atoms with Gasteiger partial charge in [0, 0.05) is 6.42 Å². The summed E-state index contributed by atoms with van der Waals surface area (Å²) in [5, 5.41) is 9.99. The Morgan fingerprint density at radius 3 is 2.53 bits per heavy atom. The van der Waals surface area contributed by atoms with E-state index in [9.17, 15) is 5.11 Å². The van der Waals surface area contributed by atoms with Gasteiger partial charge in [-0.15, -0.1) is 0 Å². The van der Waals surface area contributed by atoms with Crippen molar-refractivity contribution in [1.29, 1.82) is 0 Å². The van der Waals surface area contributed by atoms with Crippen LogP contribution in [0.2, 0.25) is 0 Å². The van der Waals surface area contributed by atoms with Crippen LogP contribution in [0.4, 0.5) is 0 Å². The largest absolute Gasteiger partial charge is 0.467 e. The summed E-state index contributed by atoms with van der Waals surface area (Å²) in [5.74, 6) is 0.560. The highest BCUT2D eigenvalue weighted by Gasteiger charge is 2.15. The Morgan fingerprint density at radius 1 is 1.18 bits per heavy atom. The molecule has 0 saturated heterocycles. The summed E-state index contributed by atoms with van der Waals surface area (Å²) in [6.45, 7) is 5.76. The topological polar surface area (TPSA) is 59.2 Å². The number of rotatable bonds is 3. The Kier molecular flexibility index (Phi) is 3.24. The van der Waals surface area contributed by atoms with Gasteiger partial charge in [0.2, 0.25) is 0 Å². The first-order valence-electron chi connectivity index (χ1n) is 5.60. The Morgan fingerprint density at radius 2 is 1.88 bits per heavy atom. The first-order chi connectivity index (χ1) is 8.08. The maximum atomic E-state index is 9.99. The van der Waals surface area contributed by atoms with Crippen LogP contribution in [0.3, 0.4) is 0 Å². The fraction of sp³-hybridized carbons (Fsp3) is 0.385. The zero-order valence-corrected chi connectivity index (χ0v) is 10.3. The van der Waals surface area contributed by atoms with E-state index < -0.39 is 6.10 Å². The SMILES string of the molecule is Cc1nc(C)c(CC(O)c2ccco2)nc1C. The lowest BCUT2D eigenvalue weighted by molar-refractivity contribution is 0.148. The fourth-order valence-electron chi connectivity index (χ4n) is 1.72. The van der Waals surface area contributed by atoms with Crippen LogP contribution in [0.25, 0.3) is 0 Å². The second kappa shape index (κ2) is 4.67. The molecule has 0 aliphatic rings. The Hall–Kier alpha value is -1.68.